The van der Waals surface area contributed by atoms with Gasteiger partial charge in [0.05, 0.1) is 18.7 Å². The van der Waals surface area contributed by atoms with Crippen molar-refractivity contribution in [2.24, 2.45) is 4.99 Å². The molecule has 0 fully saturated rings. The van der Waals surface area contributed by atoms with E-state index in [0.717, 1.165) is 44.1 Å². The Labute approximate surface area is 184 Å². The summed E-state index contributed by atoms with van der Waals surface area (Å²) in [5.74, 6) is 0.964. The van der Waals surface area contributed by atoms with Crippen molar-refractivity contribution in [3.05, 3.63) is 82.6 Å². The molecule has 2 aromatic carbocycles. The molecule has 0 spiro atoms. The van der Waals surface area contributed by atoms with Crippen molar-refractivity contribution in [2.45, 2.75) is 26.4 Å². The largest absolute Gasteiger partial charge is 0.314 e. The molecule has 0 atom stereocenters. The Bertz CT molecular complexity index is 1000. The fourth-order valence-corrected chi connectivity index (χ4v) is 4.55. The molecule has 0 saturated heterocycles. The van der Waals surface area contributed by atoms with Gasteiger partial charge in [-0.1, -0.05) is 54.6 Å². The van der Waals surface area contributed by atoms with Gasteiger partial charge in [-0.05, 0) is 23.6 Å². The first-order chi connectivity index (χ1) is 14.2. The molecule has 0 saturated carbocycles. The maximum atomic E-state index is 13.5. The number of benzene rings is 2. The number of halogens is 1. The van der Waals surface area contributed by atoms with Crippen LogP contribution >= 0.6 is 12.4 Å². The van der Waals surface area contributed by atoms with E-state index in [1.807, 2.05) is 23.1 Å². The number of aryl methyl sites for hydroxylation is 1. The van der Waals surface area contributed by atoms with E-state index in [-0.39, 0.29) is 18.3 Å². The van der Waals surface area contributed by atoms with Gasteiger partial charge in [-0.15, -0.1) is 12.4 Å². The zero-order chi connectivity index (χ0) is 19.8. The fraction of sp³-hybridized carbons (Fsp3) is 0.333. The van der Waals surface area contributed by atoms with E-state index in [0.29, 0.717) is 13.1 Å². The van der Waals surface area contributed by atoms with E-state index in [4.69, 9.17) is 4.99 Å². The number of carbonyl (C=O) groups is 1. The van der Waals surface area contributed by atoms with E-state index in [2.05, 4.69) is 53.1 Å². The molecule has 2 aromatic rings. The Morgan fingerprint density at radius 1 is 0.967 bits per heavy atom. The summed E-state index contributed by atoms with van der Waals surface area (Å²) in [7, 11) is 0. The normalized spacial score (nSPS) is 18.7. The second-order valence-corrected chi connectivity index (χ2v) is 8.02. The van der Waals surface area contributed by atoms with Crippen LogP contribution in [0.2, 0.25) is 0 Å². The van der Waals surface area contributed by atoms with Gasteiger partial charge in [-0.2, -0.15) is 0 Å². The summed E-state index contributed by atoms with van der Waals surface area (Å²) < 4.78 is 0. The summed E-state index contributed by atoms with van der Waals surface area (Å²) >= 11 is 0. The Morgan fingerprint density at radius 2 is 1.73 bits per heavy atom. The van der Waals surface area contributed by atoms with Gasteiger partial charge < -0.3 is 4.90 Å². The van der Waals surface area contributed by atoms with Crippen LogP contribution in [0.15, 0.2) is 70.9 Å². The average molecular weight is 423 g/mol. The quantitative estimate of drug-likeness (QED) is 0.755. The monoisotopic (exact) mass is 422 g/mol. The molecule has 30 heavy (non-hydrogen) atoms. The van der Waals surface area contributed by atoms with E-state index >= 15 is 0 Å². The van der Waals surface area contributed by atoms with Crippen molar-refractivity contribution < 1.29 is 4.79 Å². The summed E-state index contributed by atoms with van der Waals surface area (Å²) in [5, 5.41) is 0. The number of rotatable bonds is 4. The molecule has 3 aliphatic rings. The average Bonchev–Trinajstić information content (AvgIpc) is 3.23. The van der Waals surface area contributed by atoms with Gasteiger partial charge in [0.15, 0.2) is 0 Å². The van der Waals surface area contributed by atoms with Crippen LogP contribution in [0.25, 0.3) is 0 Å². The molecular weight excluding hydrogens is 396 g/mol. The van der Waals surface area contributed by atoms with E-state index in [9.17, 15) is 4.79 Å². The molecule has 6 heteroatoms. The molecular formula is C24H27ClN4O. The predicted octanol–water partition coefficient (Wildman–Crippen LogP) is 3.59. The zero-order valence-corrected chi connectivity index (χ0v) is 18.1. The lowest BCUT2D eigenvalue weighted by Crippen LogP contribution is -2.53. The number of guanidine groups is 1. The lowest BCUT2D eigenvalue weighted by molar-refractivity contribution is -0.125. The van der Waals surface area contributed by atoms with E-state index in [1.165, 1.54) is 22.4 Å². The molecule has 0 aromatic heterocycles. The first-order valence-corrected chi connectivity index (χ1v) is 10.4. The van der Waals surface area contributed by atoms with Crippen LogP contribution in [0.1, 0.15) is 23.1 Å². The number of carbonyl (C=O) groups excluding carboxylic acids is 1. The minimum atomic E-state index is 0. The lowest BCUT2D eigenvalue weighted by Gasteiger charge is -2.42. The summed E-state index contributed by atoms with van der Waals surface area (Å²) in [6.07, 6.45) is 0.908. The van der Waals surface area contributed by atoms with Crippen LogP contribution in [0, 0.1) is 6.92 Å². The third kappa shape index (κ3) is 3.75. The van der Waals surface area contributed by atoms with Crippen molar-refractivity contribution in [2.75, 3.05) is 26.2 Å². The van der Waals surface area contributed by atoms with Crippen molar-refractivity contribution in [1.82, 2.24) is 14.7 Å². The number of amides is 1. The maximum absolute atomic E-state index is 13.5. The number of fused-ring (bicyclic) bond motifs is 2. The van der Waals surface area contributed by atoms with Crippen molar-refractivity contribution >= 4 is 24.3 Å². The Hall–Kier alpha value is -2.63. The highest BCUT2D eigenvalue weighted by Gasteiger charge is 2.40. The molecule has 3 aliphatic heterocycles. The van der Waals surface area contributed by atoms with Gasteiger partial charge in [0, 0.05) is 38.3 Å². The number of nitrogens with zero attached hydrogens (tertiary/aromatic N) is 4. The highest BCUT2D eigenvalue weighted by Crippen LogP contribution is 2.32. The summed E-state index contributed by atoms with van der Waals surface area (Å²) in [4.78, 5) is 24.8. The third-order valence-corrected chi connectivity index (χ3v) is 6.12. The van der Waals surface area contributed by atoms with E-state index < -0.39 is 0 Å². The number of aliphatic imine (C=N–C) groups is 1. The van der Waals surface area contributed by atoms with Crippen LogP contribution in [0.4, 0.5) is 0 Å². The Morgan fingerprint density at radius 3 is 2.53 bits per heavy atom. The van der Waals surface area contributed by atoms with Gasteiger partial charge in [0.25, 0.3) is 5.91 Å². The fourth-order valence-electron chi connectivity index (χ4n) is 4.55. The van der Waals surface area contributed by atoms with Crippen LogP contribution < -0.4 is 0 Å². The maximum Gasteiger partial charge on any atom is 0.259 e. The van der Waals surface area contributed by atoms with Crippen molar-refractivity contribution in [3.8, 4) is 0 Å². The molecule has 0 aliphatic carbocycles. The first-order valence-electron chi connectivity index (χ1n) is 10.4. The molecule has 156 valence electrons. The minimum absolute atomic E-state index is 0. The Kier molecular flexibility index (Phi) is 5.93. The molecule has 3 heterocycles. The first kappa shape index (κ1) is 20.6. The highest BCUT2D eigenvalue weighted by molar-refractivity contribution is 6.09. The minimum Gasteiger partial charge on any atom is -0.314 e. The third-order valence-electron chi connectivity index (χ3n) is 6.12. The van der Waals surface area contributed by atoms with Crippen LogP contribution in [0.5, 0.6) is 0 Å². The number of hydrogen-bond donors (Lipinski definition) is 0. The lowest BCUT2D eigenvalue weighted by atomic mass is 9.99. The second kappa shape index (κ2) is 8.62. The molecule has 0 bridgehead atoms. The van der Waals surface area contributed by atoms with Crippen LogP contribution in [0.3, 0.4) is 0 Å². The zero-order valence-electron chi connectivity index (χ0n) is 17.3. The SMILES string of the molecule is Cc1ccccc1CN1C(=O)C2=C(CCN(Cc3ccccc3)C2)N2CCN=C12.Cl. The summed E-state index contributed by atoms with van der Waals surface area (Å²) in [6.45, 7) is 6.88. The van der Waals surface area contributed by atoms with E-state index in [1.54, 1.807) is 0 Å². The van der Waals surface area contributed by atoms with Gasteiger partial charge in [-0.25, -0.2) is 0 Å². The molecule has 0 radical (unpaired) electrons. The standard InChI is InChI=1S/C24H26N4O.ClH/c1-18-7-5-6-10-20(18)16-28-23(29)21-17-26(15-19-8-3-2-4-9-19)13-11-22(21)27-14-12-25-24(27)28;/h2-10H,11-17H2,1H3;1H. The molecule has 0 N–H and O–H groups in total. The highest BCUT2D eigenvalue weighted by atomic mass is 35.5. The summed E-state index contributed by atoms with van der Waals surface area (Å²) in [6, 6.07) is 18.8. The van der Waals surface area contributed by atoms with Gasteiger partial charge >= 0.3 is 0 Å². The van der Waals surface area contributed by atoms with Crippen molar-refractivity contribution in [3.63, 3.8) is 0 Å². The second-order valence-electron chi connectivity index (χ2n) is 8.02. The predicted molar refractivity (Wildman–Crippen MR) is 121 cm³/mol. The van der Waals surface area contributed by atoms with Crippen LogP contribution in [-0.4, -0.2) is 52.7 Å². The molecule has 5 nitrogen and oxygen atoms in total. The Balaban J connectivity index is 0.00000218. The molecule has 0 unspecified atom stereocenters. The smallest absolute Gasteiger partial charge is 0.259 e. The van der Waals surface area contributed by atoms with Gasteiger partial charge in [0.2, 0.25) is 5.96 Å². The summed E-state index contributed by atoms with van der Waals surface area (Å²) in [5.41, 5.74) is 5.81. The van der Waals surface area contributed by atoms with Gasteiger partial charge in [-0.3, -0.25) is 19.6 Å². The molecule has 1 amide bonds. The van der Waals surface area contributed by atoms with Gasteiger partial charge in [0.1, 0.15) is 0 Å². The van der Waals surface area contributed by atoms with Crippen LogP contribution in [-0.2, 0) is 17.9 Å². The topological polar surface area (TPSA) is 39.2 Å². The molecule has 5 rings (SSSR count). The van der Waals surface area contributed by atoms with Crippen molar-refractivity contribution in [1.29, 1.82) is 0 Å². The number of hydrogen-bond acceptors (Lipinski definition) is 4.